The van der Waals surface area contributed by atoms with Gasteiger partial charge in [-0.25, -0.2) is 0 Å². The van der Waals surface area contributed by atoms with Crippen LogP contribution in [0.3, 0.4) is 0 Å². The zero-order chi connectivity index (χ0) is 18.4. The van der Waals surface area contributed by atoms with Crippen LogP contribution in [0.1, 0.15) is 52.0 Å². The Morgan fingerprint density at radius 2 is 1.80 bits per heavy atom. The normalized spacial score (nSPS) is 17.2. The Labute approximate surface area is 150 Å². The Morgan fingerprint density at radius 3 is 2.40 bits per heavy atom. The summed E-state index contributed by atoms with van der Waals surface area (Å²) in [4.78, 5) is 26.2. The fourth-order valence-electron chi connectivity index (χ4n) is 3.11. The van der Waals surface area contributed by atoms with Gasteiger partial charge in [-0.3, -0.25) is 9.59 Å². The highest BCUT2D eigenvalue weighted by Crippen LogP contribution is 2.26. The number of hydrogen-bond donors (Lipinski definition) is 2. The van der Waals surface area contributed by atoms with Gasteiger partial charge in [-0.2, -0.15) is 0 Å². The molecular weight excluding hydrogens is 316 g/mol. The maximum Gasteiger partial charge on any atom is 0.223 e. The smallest absolute Gasteiger partial charge is 0.223 e. The van der Waals surface area contributed by atoms with Crippen molar-refractivity contribution in [1.82, 2.24) is 10.2 Å². The molecule has 1 unspecified atom stereocenters. The van der Waals surface area contributed by atoms with Gasteiger partial charge in [0.1, 0.15) is 0 Å². The van der Waals surface area contributed by atoms with E-state index in [1.54, 1.807) is 4.90 Å². The molecule has 0 radical (unpaired) electrons. The molecule has 25 heavy (non-hydrogen) atoms. The molecule has 0 bridgehead atoms. The summed E-state index contributed by atoms with van der Waals surface area (Å²) in [7, 11) is 0. The molecule has 0 saturated carbocycles. The number of amides is 2. The van der Waals surface area contributed by atoms with E-state index < -0.39 is 0 Å². The lowest BCUT2D eigenvalue weighted by atomic mass is 9.78. The molecule has 1 aliphatic rings. The second kappa shape index (κ2) is 8.48. The highest BCUT2D eigenvalue weighted by atomic mass is 16.3. The summed E-state index contributed by atoms with van der Waals surface area (Å²) in [5.41, 5.74) is 0.981. The quantitative estimate of drug-likeness (QED) is 0.830. The number of hydrogen-bond acceptors (Lipinski definition) is 3. The molecule has 0 spiro atoms. The third-order valence-electron chi connectivity index (χ3n) is 5.36. The van der Waals surface area contributed by atoms with E-state index in [-0.39, 0.29) is 42.2 Å². The van der Waals surface area contributed by atoms with Crippen LogP contribution in [0.2, 0.25) is 0 Å². The zero-order valence-corrected chi connectivity index (χ0v) is 15.5. The first-order chi connectivity index (χ1) is 11.8. The van der Waals surface area contributed by atoms with E-state index in [9.17, 15) is 14.7 Å². The minimum absolute atomic E-state index is 0.00276. The minimum Gasteiger partial charge on any atom is -0.393 e. The number of benzene rings is 1. The fraction of sp³-hybridized carbons (Fsp3) is 0.600. The molecule has 1 saturated heterocycles. The number of carbonyl (C=O) groups excluding carboxylic acids is 2. The number of aliphatic hydroxyl groups excluding tert-OH is 1. The van der Waals surface area contributed by atoms with Gasteiger partial charge in [-0.05, 0) is 25.3 Å². The van der Waals surface area contributed by atoms with Gasteiger partial charge in [0.05, 0.1) is 6.10 Å². The molecule has 1 aromatic carbocycles. The zero-order valence-electron chi connectivity index (χ0n) is 15.5. The van der Waals surface area contributed by atoms with Gasteiger partial charge in [0.25, 0.3) is 0 Å². The van der Waals surface area contributed by atoms with E-state index in [0.29, 0.717) is 25.9 Å². The van der Waals surface area contributed by atoms with E-state index in [0.717, 1.165) is 0 Å². The molecule has 0 aromatic heterocycles. The predicted molar refractivity (Wildman–Crippen MR) is 98.1 cm³/mol. The van der Waals surface area contributed by atoms with Gasteiger partial charge in [0, 0.05) is 37.4 Å². The summed E-state index contributed by atoms with van der Waals surface area (Å²) in [5.74, 6) is -0.0982. The molecule has 138 valence electrons. The Morgan fingerprint density at radius 1 is 1.20 bits per heavy atom. The third-order valence-corrected chi connectivity index (χ3v) is 5.36. The van der Waals surface area contributed by atoms with Crippen LogP contribution >= 0.6 is 0 Å². The van der Waals surface area contributed by atoms with Crippen molar-refractivity contribution in [1.29, 1.82) is 0 Å². The van der Waals surface area contributed by atoms with E-state index in [1.807, 2.05) is 25.1 Å². The lowest BCUT2D eigenvalue weighted by molar-refractivity contribution is -0.135. The van der Waals surface area contributed by atoms with Crippen molar-refractivity contribution in [2.45, 2.75) is 64.0 Å². The Kier molecular flexibility index (Phi) is 6.59. The number of piperidine rings is 1. The number of nitrogens with one attached hydrogen (secondary N) is 1. The Bertz CT molecular complexity index is 578. The molecule has 1 aliphatic heterocycles. The van der Waals surface area contributed by atoms with E-state index in [1.165, 1.54) is 5.56 Å². The lowest BCUT2D eigenvalue weighted by Gasteiger charge is -2.33. The van der Waals surface area contributed by atoms with Gasteiger partial charge in [0.2, 0.25) is 11.8 Å². The summed E-state index contributed by atoms with van der Waals surface area (Å²) in [5, 5.41) is 12.5. The van der Waals surface area contributed by atoms with E-state index in [4.69, 9.17) is 0 Å². The van der Waals surface area contributed by atoms with Crippen molar-refractivity contribution >= 4 is 11.8 Å². The molecule has 5 nitrogen and oxygen atoms in total. The van der Waals surface area contributed by atoms with Crippen LogP contribution in [-0.4, -0.2) is 47.1 Å². The molecule has 1 atom stereocenters. The van der Waals surface area contributed by atoms with Crippen molar-refractivity contribution in [3.63, 3.8) is 0 Å². The maximum absolute atomic E-state index is 12.2. The van der Waals surface area contributed by atoms with Crippen molar-refractivity contribution in [2.24, 2.45) is 0 Å². The van der Waals surface area contributed by atoms with Gasteiger partial charge in [0.15, 0.2) is 0 Å². The average molecular weight is 346 g/mol. The minimum atomic E-state index is -0.298. The lowest BCUT2D eigenvalue weighted by Crippen LogP contribution is -2.46. The first-order valence-corrected chi connectivity index (χ1v) is 9.11. The first-order valence-electron chi connectivity index (χ1n) is 9.11. The molecule has 2 rings (SSSR count). The molecule has 1 fully saturated rings. The van der Waals surface area contributed by atoms with Crippen LogP contribution in [0.5, 0.6) is 0 Å². The van der Waals surface area contributed by atoms with Crippen molar-refractivity contribution < 1.29 is 14.7 Å². The van der Waals surface area contributed by atoms with Crippen LogP contribution in [-0.2, 0) is 15.0 Å². The van der Waals surface area contributed by atoms with Gasteiger partial charge >= 0.3 is 0 Å². The number of likely N-dealkylation sites (tertiary alicyclic amines) is 1. The number of carbonyl (C=O) groups is 2. The van der Waals surface area contributed by atoms with Crippen LogP contribution in [0.25, 0.3) is 0 Å². The average Bonchev–Trinajstić information content (AvgIpc) is 2.61. The molecule has 0 aliphatic carbocycles. The van der Waals surface area contributed by atoms with E-state index in [2.05, 4.69) is 31.3 Å². The van der Waals surface area contributed by atoms with Gasteiger partial charge < -0.3 is 15.3 Å². The molecule has 1 aromatic rings. The Hall–Kier alpha value is -1.88. The van der Waals surface area contributed by atoms with Crippen LogP contribution < -0.4 is 5.32 Å². The van der Waals surface area contributed by atoms with Crippen molar-refractivity contribution in [3.05, 3.63) is 35.9 Å². The van der Waals surface area contributed by atoms with Crippen molar-refractivity contribution in [2.75, 3.05) is 13.1 Å². The van der Waals surface area contributed by atoms with Crippen LogP contribution in [0, 0.1) is 0 Å². The predicted octanol–water partition coefficient (Wildman–Crippen LogP) is 2.23. The topological polar surface area (TPSA) is 69.6 Å². The largest absolute Gasteiger partial charge is 0.393 e. The van der Waals surface area contributed by atoms with Gasteiger partial charge in [-0.1, -0.05) is 44.2 Å². The summed E-state index contributed by atoms with van der Waals surface area (Å²) >= 11 is 0. The maximum atomic E-state index is 12.2. The van der Waals surface area contributed by atoms with Crippen LogP contribution in [0.15, 0.2) is 30.3 Å². The second-order valence-corrected chi connectivity index (χ2v) is 7.49. The third kappa shape index (κ3) is 5.30. The van der Waals surface area contributed by atoms with Crippen LogP contribution in [0.4, 0.5) is 0 Å². The molecular formula is C20H30N2O3. The molecule has 2 N–H and O–H groups in total. The molecule has 5 heteroatoms. The fourth-order valence-corrected chi connectivity index (χ4v) is 3.11. The second-order valence-electron chi connectivity index (χ2n) is 7.49. The number of nitrogens with zero attached hydrogens (tertiary/aromatic N) is 1. The monoisotopic (exact) mass is 346 g/mol. The Balaban J connectivity index is 1.80. The summed E-state index contributed by atoms with van der Waals surface area (Å²) < 4.78 is 0. The molecule has 2 amide bonds. The SMILES string of the molecule is CC(NC(=O)CCC(=O)N1CCC(O)CC1)C(C)(C)c1ccccc1. The summed E-state index contributed by atoms with van der Waals surface area (Å²) in [6, 6.07) is 10.1. The summed E-state index contributed by atoms with van der Waals surface area (Å²) in [6.07, 6.45) is 1.38. The van der Waals surface area contributed by atoms with Crippen molar-refractivity contribution in [3.8, 4) is 0 Å². The highest BCUT2D eigenvalue weighted by Gasteiger charge is 2.29. The molecule has 1 heterocycles. The highest BCUT2D eigenvalue weighted by molar-refractivity contribution is 5.84. The number of rotatable bonds is 6. The van der Waals surface area contributed by atoms with E-state index >= 15 is 0 Å². The first kappa shape index (κ1) is 19.4. The summed E-state index contributed by atoms with van der Waals surface area (Å²) in [6.45, 7) is 7.38. The van der Waals surface area contributed by atoms with Gasteiger partial charge in [-0.15, -0.1) is 0 Å². The number of aliphatic hydroxyl groups is 1. The standard InChI is InChI=1S/C20H30N2O3/c1-15(20(2,3)16-7-5-4-6-8-16)21-18(24)9-10-19(25)22-13-11-17(23)12-14-22/h4-8,15,17,23H,9-14H2,1-3H3,(H,21,24).